The van der Waals surface area contributed by atoms with Crippen molar-refractivity contribution >= 4 is 22.2 Å². The van der Waals surface area contributed by atoms with E-state index in [2.05, 4.69) is 39.7 Å². The molecular formula is C19H24N4O. The number of nitrogens with zero attached hydrogens (tertiary/aromatic N) is 2. The van der Waals surface area contributed by atoms with Crippen molar-refractivity contribution in [3.05, 3.63) is 48.1 Å². The molecule has 1 aliphatic heterocycles. The van der Waals surface area contributed by atoms with Gasteiger partial charge < -0.3 is 15.7 Å². The van der Waals surface area contributed by atoms with Crippen LogP contribution >= 0.6 is 0 Å². The number of fused-ring (bicyclic) bond motifs is 1. The van der Waals surface area contributed by atoms with Gasteiger partial charge in [0.05, 0.1) is 17.8 Å². The lowest BCUT2D eigenvalue weighted by Gasteiger charge is -2.25. The molecule has 2 aromatic heterocycles. The standard InChI is InChI=1S/C19H24N4O/c1-4-18(24)17-6-12(3)15(11-22-17)16-7-13-10-23-19(20-5-2)8-14(13)9-21-16/h6-11,17-18,22,24H,4-5H2,1-3H3,(H,20,23). The molecule has 5 heteroatoms. The zero-order valence-electron chi connectivity index (χ0n) is 14.4. The first kappa shape index (κ1) is 16.5. The maximum absolute atomic E-state index is 10.0. The van der Waals surface area contributed by atoms with Crippen LogP contribution in [0.5, 0.6) is 0 Å². The Morgan fingerprint density at radius 3 is 2.67 bits per heavy atom. The summed E-state index contributed by atoms with van der Waals surface area (Å²) >= 11 is 0. The highest BCUT2D eigenvalue weighted by molar-refractivity contribution is 5.88. The van der Waals surface area contributed by atoms with E-state index in [9.17, 15) is 5.11 Å². The van der Waals surface area contributed by atoms with Gasteiger partial charge in [-0.3, -0.25) is 4.98 Å². The number of allylic oxidation sites excluding steroid dienone is 2. The Balaban J connectivity index is 1.89. The maximum atomic E-state index is 10.0. The largest absolute Gasteiger partial charge is 0.391 e. The number of anilines is 1. The Labute approximate surface area is 142 Å². The van der Waals surface area contributed by atoms with Crippen molar-refractivity contribution in [2.75, 3.05) is 11.9 Å². The molecule has 0 spiro atoms. The Kier molecular flexibility index (Phi) is 4.81. The van der Waals surface area contributed by atoms with Gasteiger partial charge in [0.1, 0.15) is 5.82 Å². The Hall–Kier alpha value is -2.40. The van der Waals surface area contributed by atoms with Gasteiger partial charge in [0.15, 0.2) is 0 Å². The molecule has 0 fully saturated rings. The van der Waals surface area contributed by atoms with Gasteiger partial charge in [-0.1, -0.05) is 13.0 Å². The van der Waals surface area contributed by atoms with Crippen LogP contribution in [0.15, 0.2) is 42.4 Å². The van der Waals surface area contributed by atoms with Crippen molar-refractivity contribution in [1.29, 1.82) is 0 Å². The third kappa shape index (κ3) is 3.26. The van der Waals surface area contributed by atoms with E-state index < -0.39 is 0 Å². The smallest absolute Gasteiger partial charge is 0.126 e. The van der Waals surface area contributed by atoms with Crippen molar-refractivity contribution in [2.24, 2.45) is 0 Å². The van der Waals surface area contributed by atoms with Crippen LogP contribution in [-0.4, -0.2) is 33.8 Å². The molecule has 3 rings (SSSR count). The molecular weight excluding hydrogens is 300 g/mol. The van der Waals surface area contributed by atoms with Gasteiger partial charge in [-0.2, -0.15) is 0 Å². The number of dihydropyridines is 1. The van der Waals surface area contributed by atoms with E-state index in [-0.39, 0.29) is 12.1 Å². The minimum Gasteiger partial charge on any atom is -0.391 e. The zero-order chi connectivity index (χ0) is 17.1. The summed E-state index contributed by atoms with van der Waals surface area (Å²) in [5.74, 6) is 0.866. The van der Waals surface area contributed by atoms with Gasteiger partial charge in [0.25, 0.3) is 0 Å². The molecule has 2 unspecified atom stereocenters. The van der Waals surface area contributed by atoms with Gasteiger partial charge >= 0.3 is 0 Å². The van der Waals surface area contributed by atoms with E-state index >= 15 is 0 Å². The highest BCUT2D eigenvalue weighted by Gasteiger charge is 2.19. The fraction of sp³-hybridized carbons (Fsp3) is 0.368. The second-order valence-corrected chi connectivity index (χ2v) is 6.09. The molecule has 0 amide bonds. The van der Waals surface area contributed by atoms with E-state index in [0.29, 0.717) is 0 Å². The number of hydrogen-bond acceptors (Lipinski definition) is 5. The lowest BCUT2D eigenvalue weighted by Crippen LogP contribution is -2.37. The number of rotatable bonds is 5. The minimum atomic E-state index is -0.379. The second kappa shape index (κ2) is 7.01. The number of hydrogen-bond donors (Lipinski definition) is 3. The molecule has 2 aromatic rings. The lowest BCUT2D eigenvalue weighted by atomic mass is 9.95. The molecule has 126 valence electrons. The molecule has 0 aliphatic carbocycles. The Morgan fingerprint density at radius 1 is 1.21 bits per heavy atom. The predicted molar refractivity (Wildman–Crippen MR) is 98.7 cm³/mol. The molecule has 0 saturated carbocycles. The van der Waals surface area contributed by atoms with Gasteiger partial charge in [0.2, 0.25) is 0 Å². The lowest BCUT2D eigenvalue weighted by molar-refractivity contribution is 0.146. The van der Waals surface area contributed by atoms with Crippen molar-refractivity contribution < 1.29 is 5.11 Å². The number of aromatic nitrogens is 2. The first-order valence-electron chi connectivity index (χ1n) is 8.45. The first-order valence-corrected chi connectivity index (χ1v) is 8.45. The summed E-state index contributed by atoms with van der Waals surface area (Å²) in [7, 11) is 0. The van der Waals surface area contributed by atoms with Crippen molar-refractivity contribution in [3.63, 3.8) is 0 Å². The molecule has 1 aliphatic rings. The number of aliphatic hydroxyl groups is 1. The van der Waals surface area contributed by atoms with Crippen LogP contribution in [0.1, 0.15) is 32.9 Å². The van der Waals surface area contributed by atoms with E-state index in [4.69, 9.17) is 0 Å². The average molecular weight is 324 g/mol. The zero-order valence-corrected chi connectivity index (χ0v) is 14.4. The quantitative estimate of drug-likeness (QED) is 0.788. The predicted octanol–water partition coefficient (Wildman–Crippen LogP) is 3.09. The molecule has 0 saturated heterocycles. The molecule has 5 nitrogen and oxygen atoms in total. The summed E-state index contributed by atoms with van der Waals surface area (Å²) in [5.41, 5.74) is 3.08. The number of aliphatic hydroxyl groups excluding tert-OH is 1. The van der Waals surface area contributed by atoms with Gasteiger partial charge in [0, 0.05) is 41.5 Å². The molecule has 24 heavy (non-hydrogen) atoms. The van der Waals surface area contributed by atoms with Crippen LogP contribution in [0.2, 0.25) is 0 Å². The van der Waals surface area contributed by atoms with Gasteiger partial charge in [-0.05, 0) is 38.0 Å². The van der Waals surface area contributed by atoms with Gasteiger partial charge in [-0.15, -0.1) is 0 Å². The Morgan fingerprint density at radius 2 is 1.96 bits per heavy atom. The van der Waals surface area contributed by atoms with Crippen LogP contribution < -0.4 is 10.6 Å². The van der Waals surface area contributed by atoms with Crippen LogP contribution in [0.25, 0.3) is 16.3 Å². The fourth-order valence-electron chi connectivity index (χ4n) is 2.92. The summed E-state index contributed by atoms with van der Waals surface area (Å²) in [6, 6.07) is 4.03. The highest BCUT2D eigenvalue weighted by atomic mass is 16.3. The summed E-state index contributed by atoms with van der Waals surface area (Å²) in [6.45, 7) is 6.93. The van der Waals surface area contributed by atoms with Crippen LogP contribution in [0.4, 0.5) is 5.82 Å². The highest BCUT2D eigenvalue weighted by Crippen LogP contribution is 2.27. The van der Waals surface area contributed by atoms with Crippen molar-refractivity contribution in [2.45, 2.75) is 39.3 Å². The van der Waals surface area contributed by atoms with Crippen molar-refractivity contribution in [3.8, 4) is 0 Å². The van der Waals surface area contributed by atoms with Crippen LogP contribution in [-0.2, 0) is 0 Å². The third-order valence-electron chi connectivity index (χ3n) is 4.34. The summed E-state index contributed by atoms with van der Waals surface area (Å²) < 4.78 is 0. The molecule has 0 bridgehead atoms. The first-order chi connectivity index (χ1) is 11.6. The molecule has 0 aromatic carbocycles. The summed E-state index contributed by atoms with van der Waals surface area (Å²) in [5, 5.41) is 18.6. The number of pyridine rings is 2. The maximum Gasteiger partial charge on any atom is 0.126 e. The van der Waals surface area contributed by atoms with E-state index in [0.717, 1.165) is 46.4 Å². The van der Waals surface area contributed by atoms with Gasteiger partial charge in [-0.25, -0.2) is 4.98 Å². The SMILES string of the molecule is CCNc1cc2cnc(C3=CNC(C(O)CC)C=C3C)cc2cn1. The monoisotopic (exact) mass is 324 g/mol. The Bertz CT molecular complexity index is 797. The number of nitrogens with one attached hydrogen (secondary N) is 2. The van der Waals surface area contributed by atoms with E-state index in [1.165, 1.54) is 0 Å². The minimum absolute atomic E-state index is 0.0384. The summed E-state index contributed by atoms with van der Waals surface area (Å²) in [4.78, 5) is 9.03. The van der Waals surface area contributed by atoms with Crippen molar-refractivity contribution in [1.82, 2.24) is 15.3 Å². The second-order valence-electron chi connectivity index (χ2n) is 6.09. The topological polar surface area (TPSA) is 70.1 Å². The molecule has 3 N–H and O–H groups in total. The van der Waals surface area contributed by atoms with Crippen LogP contribution in [0.3, 0.4) is 0 Å². The average Bonchev–Trinajstić information content (AvgIpc) is 2.61. The van der Waals surface area contributed by atoms with E-state index in [1.807, 2.05) is 38.5 Å². The van der Waals surface area contributed by atoms with Crippen LogP contribution in [0, 0.1) is 0 Å². The third-order valence-corrected chi connectivity index (χ3v) is 4.34. The van der Waals surface area contributed by atoms with E-state index in [1.54, 1.807) is 0 Å². The molecule has 2 atom stereocenters. The molecule has 0 radical (unpaired) electrons. The molecule has 3 heterocycles. The normalized spacial score (nSPS) is 18.6. The summed E-state index contributed by atoms with van der Waals surface area (Å²) in [6.07, 6.45) is 8.12. The fourth-order valence-corrected chi connectivity index (χ4v) is 2.92.